The fourth-order valence-electron chi connectivity index (χ4n) is 3.84. The molecule has 0 N–H and O–H groups in total. The minimum atomic E-state index is -1.31. The highest BCUT2D eigenvalue weighted by Gasteiger charge is 2.53. The Hall–Kier alpha value is -3.56. The van der Waals surface area contributed by atoms with Gasteiger partial charge in [-0.15, -0.1) is 0 Å². The molecule has 0 radical (unpaired) electrons. The first-order chi connectivity index (χ1) is 16.3. The molecule has 3 aromatic rings. The number of hydrogen-bond donors (Lipinski definition) is 0. The van der Waals surface area contributed by atoms with Gasteiger partial charge in [-0.3, -0.25) is 19.3 Å². The van der Waals surface area contributed by atoms with Crippen molar-refractivity contribution in [3.8, 4) is 5.75 Å². The number of thiazole rings is 1. The lowest BCUT2D eigenvalue weighted by Crippen LogP contribution is -2.30. The third-order valence-corrected chi connectivity index (χ3v) is 6.93. The first kappa shape index (κ1) is 23.6. The quantitative estimate of drug-likeness (QED) is 0.218. The molecule has 2 aromatic carbocycles. The smallest absolute Gasteiger partial charge is 0.350 e. The number of methoxy groups -OCH3 is 2. The molecule has 1 amide bonds. The molecule has 2 heterocycles. The number of nitrogens with zero attached hydrogens (tertiary/aromatic N) is 2. The Labute approximate surface area is 204 Å². The highest BCUT2D eigenvalue weighted by Crippen LogP contribution is 2.43. The molecular weight excluding hydrogens is 480 g/mol. The van der Waals surface area contributed by atoms with E-state index < -0.39 is 35.4 Å². The van der Waals surface area contributed by atoms with Gasteiger partial charge in [-0.25, -0.2) is 9.78 Å². The van der Waals surface area contributed by atoms with Crippen LogP contribution < -0.4 is 9.64 Å². The van der Waals surface area contributed by atoms with E-state index in [-0.39, 0.29) is 15.6 Å². The topological polar surface area (TPSA) is 103 Å². The first-order valence-electron chi connectivity index (χ1n) is 10.1. The normalized spacial score (nSPS) is 17.7. The van der Waals surface area contributed by atoms with E-state index in [9.17, 15) is 19.2 Å². The van der Waals surface area contributed by atoms with Crippen molar-refractivity contribution in [1.29, 1.82) is 0 Å². The number of ether oxygens (including phenoxy) is 2. The van der Waals surface area contributed by atoms with Crippen LogP contribution in [-0.4, -0.2) is 42.6 Å². The lowest BCUT2D eigenvalue weighted by Gasteiger charge is -2.25. The Morgan fingerprint density at radius 3 is 2.26 bits per heavy atom. The van der Waals surface area contributed by atoms with Gasteiger partial charge in [0.2, 0.25) is 5.78 Å². The molecule has 2 unspecified atom stereocenters. The van der Waals surface area contributed by atoms with E-state index in [2.05, 4.69) is 4.98 Å². The van der Waals surface area contributed by atoms with Gasteiger partial charge in [0.05, 0.1) is 26.0 Å². The summed E-state index contributed by atoms with van der Waals surface area (Å²) in [6, 6.07) is 11.9. The van der Waals surface area contributed by atoms with Crippen molar-refractivity contribution in [1.82, 2.24) is 4.98 Å². The van der Waals surface area contributed by atoms with E-state index in [4.69, 9.17) is 21.1 Å². The maximum absolute atomic E-state index is 13.5. The van der Waals surface area contributed by atoms with Crippen LogP contribution in [0.3, 0.4) is 0 Å². The molecule has 1 saturated heterocycles. The molecule has 4 rings (SSSR count). The number of carbonyl (C=O) groups excluding carboxylic acids is 4. The average Bonchev–Trinajstić information content (AvgIpc) is 3.35. The lowest BCUT2D eigenvalue weighted by atomic mass is 9.86. The number of ketones is 2. The van der Waals surface area contributed by atoms with Crippen LogP contribution in [0.4, 0.5) is 5.13 Å². The number of carbonyl (C=O) groups is 4. The third-order valence-electron chi connectivity index (χ3n) is 5.54. The van der Waals surface area contributed by atoms with Crippen molar-refractivity contribution in [3.05, 3.63) is 75.3 Å². The Balaban J connectivity index is 1.85. The van der Waals surface area contributed by atoms with E-state index in [0.717, 1.165) is 11.3 Å². The van der Waals surface area contributed by atoms with Crippen LogP contribution in [0.5, 0.6) is 5.75 Å². The van der Waals surface area contributed by atoms with Gasteiger partial charge in [0.15, 0.2) is 10.9 Å². The van der Waals surface area contributed by atoms with Crippen molar-refractivity contribution < 1.29 is 28.7 Å². The molecule has 0 aliphatic carbocycles. The molecule has 1 aromatic heterocycles. The Bertz CT molecular complexity index is 1290. The Kier molecular flexibility index (Phi) is 6.49. The fourth-order valence-corrected chi connectivity index (χ4v) is 4.99. The van der Waals surface area contributed by atoms with Gasteiger partial charge in [0.25, 0.3) is 5.91 Å². The summed E-state index contributed by atoms with van der Waals surface area (Å²) in [5, 5.41) is 0.566. The van der Waals surface area contributed by atoms with Crippen molar-refractivity contribution in [2.45, 2.75) is 13.0 Å². The second kappa shape index (κ2) is 9.36. The zero-order chi connectivity index (χ0) is 24.6. The van der Waals surface area contributed by atoms with Crippen molar-refractivity contribution in [3.63, 3.8) is 0 Å². The van der Waals surface area contributed by atoms with Crippen LogP contribution in [0.2, 0.25) is 5.02 Å². The van der Waals surface area contributed by atoms with Gasteiger partial charge in [0.1, 0.15) is 16.5 Å². The zero-order valence-corrected chi connectivity index (χ0v) is 20.0. The molecule has 0 saturated carbocycles. The number of Topliss-reactive ketones (excluding diaryl/α,β-unsaturated/α-hetero) is 2. The molecule has 8 nitrogen and oxygen atoms in total. The average molecular weight is 499 g/mol. The maximum Gasteiger partial charge on any atom is 0.350 e. The Morgan fingerprint density at radius 1 is 1.03 bits per heavy atom. The highest BCUT2D eigenvalue weighted by atomic mass is 35.5. The van der Waals surface area contributed by atoms with E-state index in [0.29, 0.717) is 22.0 Å². The van der Waals surface area contributed by atoms with Gasteiger partial charge in [-0.2, -0.15) is 0 Å². The highest BCUT2D eigenvalue weighted by molar-refractivity contribution is 7.17. The summed E-state index contributed by atoms with van der Waals surface area (Å²) in [7, 11) is 2.76. The molecule has 0 bridgehead atoms. The van der Waals surface area contributed by atoms with Gasteiger partial charge in [-0.05, 0) is 48.9 Å². The van der Waals surface area contributed by atoms with Crippen molar-refractivity contribution in [2.75, 3.05) is 19.1 Å². The summed E-state index contributed by atoms with van der Waals surface area (Å²) >= 11 is 6.87. The van der Waals surface area contributed by atoms with Gasteiger partial charge in [0, 0.05) is 10.6 Å². The summed E-state index contributed by atoms with van der Waals surface area (Å²) in [5.74, 6) is -3.59. The third kappa shape index (κ3) is 4.08. The molecule has 0 spiro atoms. The lowest BCUT2D eigenvalue weighted by molar-refractivity contribution is -0.135. The summed E-state index contributed by atoms with van der Waals surface area (Å²) in [6.45, 7) is 1.60. The summed E-state index contributed by atoms with van der Waals surface area (Å²) in [4.78, 5) is 57.7. The molecule has 34 heavy (non-hydrogen) atoms. The van der Waals surface area contributed by atoms with Crippen LogP contribution >= 0.6 is 22.9 Å². The summed E-state index contributed by atoms with van der Waals surface area (Å²) in [6.07, 6.45) is 0. The van der Waals surface area contributed by atoms with E-state index in [1.54, 1.807) is 43.3 Å². The number of benzene rings is 2. The second-order valence-corrected chi connectivity index (χ2v) is 8.92. The number of amides is 1. The maximum atomic E-state index is 13.5. The van der Waals surface area contributed by atoms with Gasteiger partial charge >= 0.3 is 5.97 Å². The van der Waals surface area contributed by atoms with Gasteiger partial charge < -0.3 is 9.47 Å². The largest absolute Gasteiger partial charge is 0.497 e. The summed E-state index contributed by atoms with van der Waals surface area (Å²) in [5.41, 5.74) is 1.15. The van der Waals surface area contributed by atoms with Crippen molar-refractivity contribution in [2.24, 2.45) is 5.92 Å². The van der Waals surface area contributed by atoms with Crippen LogP contribution in [0, 0.1) is 12.8 Å². The molecule has 174 valence electrons. The van der Waals surface area contributed by atoms with E-state index in [1.165, 1.54) is 31.3 Å². The number of aromatic nitrogens is 1. The van der Waals surface area contributed by atoms with Crippen LogP contribution in [-0.2, 0) is 14.3 Å². The van der Waals surface area contributed by atoms with E-state index in [1.807, 2.05) is 0 Å². The molecule has 2 atom stereocenters. The molecule has 1 aliphatic rings. The predicted octanol–water partition coefficient (Wildman–Crippen LogP) is 4.06. The van der Waals surface area contributed by atoms with Crippen molar-refractivity contribution >= 4 is 51.5 Å². The van der Waals surface area contributed by atoms with Crippen LogP contribution in [0.25, 0.3) is 0 Å². The number of anilines is 1. The molecule has 1 aliphatic heterocycles. The summed E-state index contributed by atoms with van der Waals surface area (Å²) < 4.78 is 10.00. The first-order valence-corrected chi connectivity index (χ1v) is 11.3. The SMILES string of the molecule is COC(=O)c1sc(N2C(=O)C(=O)C(C(=O)c3ccc(Cl)cc3)C2c2ccc(OC)cc2)nc1C. The van der Waals surface area contributed by atoms with Gasteiger partial charge in [-0.1, -0.05) is 35.1 Å². The number of aryl methyl sites for hydroxylation is 1. The number of esters is 1. The number of rotatable bonds is 6. The number of halogens is 1. The van der Waals surface area contributed by atoms with Crippen LogP contribution in [0.15, 0.2) is 48.5 Å². The fraction of sp³-hybridized carbons (Fsp3) is 0.208. The minimum Gasteiger partial charge on any atom is -0.497 e. The Morgan fingerprint density at radius 2 is 1.68 bits per heavy atom. The predicted molar refractivity (Wildman–Crippen MR) is 126 cm³/mol. The molecular formula is C24H19ClN2O6S. The monoisotopic (exact) mass is 498 g/mol. The standard InChI is InChI=1S/C24H19ClN2O6S/c1-12-21(23(31)33-3)34-24(26-12)27-18(13-6-10-16(32-2)11-7-13)17(20(29)22(27)30)19(28)14-4-8-15(25)9-5-14/h4-11,17-18H,1-3H3. The zero-order valence-electron chi connectivity index (χ0n) is 18.4. The van der Waals surface area contributed by atoms with Crippen LogP contribution in [0.1, 0.15) is 37.3 Å². The molecule has 1 fully saturated rings. The van der Waals surface area contributed by atoms with E-state index >= 15 is 0 Å². The molecule has 10 heteroatoms. The number of hydrogen-bond acceptors (Lipinski definition) is 8. The second-order valence-electron chi connectivity index (χ2n) is 7.51. The minimum absolute atomic E-state index is 0.128.